The van der Waals surface area contributed by atoms with E-state index in [1.165, 1.54) is 16.2 Å². The Morgan fingerprint density at radius 1 is 1.29 bits per heavy atom. The standard InChI is InChI=1S/C13H15N3S/c1-17-10-4-2-9(3-5-10)12-13-11(6-7-14-12)15-8-16-13/h2-5,8,12,14H,6-7H2,1H3,(H,15,16)/t12-/m1/s1. The van der Waals surface area contributed by atoms with Crippen molar-refractivity contribution in [1.82, 2.24) is 15.3 Å². The number of aromatic nitrogens is 2. The summed E-state index contributed by atoms with van der Waals surface area (Å²) in [6.45, 7) is 1.00. The first-order chi connectivity index (χ1) is 8.38. The molecule has 3 nitrogen and oxygen atoms in total. The lowest BCUT2D eigenvalue weighted by atomic mass is 9.98. The van der Waals surface area contributed by atoms with Gasteiger partial charge in [-0.3, -0.25) is 0 Å². The Morgan fingerprint density at radius 3 is 2.88 bits per heavy atom. The highest BCUT2D eigenvalue weighted by molar-refractivity contribution is 7.98. The van der Waals surface area contributed by atoms with E-state index in [0.717, 1.165) is 18.7 Å². The van der Waals surface area contributed by atoms with Crippen LogP contribution in [0, 0.1) is 0 Å². The van der Waals surface area contributed by atoms with Gasteiger partial charge < -0.3 is 10.3 Å². The summed E-state index contributed by atoms with van der Waals surface area (Å²) in [4.78, 5) is 8.96. The maximum Gasteiger partial charge on any atom is 0.0926 e. The van der Waals surface area contributed by atoms with E-state index in [0.29, 0.717) is 0 Å². The zero-order chi connectivity index (χ0) is 11.7. The lowest BCUT2D eigenvalue weighted by Gasteiger charge is -2.23. The summed E-state index contributed by atoms with van der Waals surface area (Å²) in [7, 11) is 0. The Bertz CT molecular complexity index is 504. The summed E-state index contributed by atoms with van der Waals surface area (Å²) >= 11 is 1.77. The number of hydrogen-bond acceptors (Lipinski definition) is 3. The highest BCUT2D eigenvalue weighted by Crippen LogP contribution is 2.27. The summed E-state index contributed by atoms with van der Waals surface area (Å²) in [5.41, 5.74) is 3.70. The van der Waals surface area contributed by atoms with Crippen molar-refractivity contribution in [3.63, 3.8) is 0 Å². The van der Waals surface area contributed by atoms with Crippen LogP contribution in [0.25, 0.3) is 0 Å². The van der Waals surface area contributed by atoms with Crippen LogP contribution in [-0.4, -0.2) is 22.8 Å². The highest BCUT2D eigenvalue weighted by Gasteiger charge is 2.23. The average molecular weight is 245 g/mol. The van der Waals surface area contributed by atoms with Crippen molar-refractivity contribution in [2.45, 2.75) is 17.4 Å². The van der Waals surface area contributed by atoms with Gasteiger partial charge in [0, 0.05) is 23.6 Å². The maximum absolute atomic E-state index is 4.43. The third-order valence-electron chi connectivity index (χ3n) is 3.20. The molecule has 0 unspecified atom stereocenters. The highest BCUT2D eigenvalue weighted by atomic mass is 32.2. The van der Waals surface area contributed by atoms with E-state index in [1.54, 1.807) is 18.1 Å². The molecule has 1 aromatic heterocycles. The lowest BCUT2D eigenvalue weighted by molar-refractivity contribution is 0.553. The molecule has 1 atom stereocenters. The van der Waals surface area contributed by atoms with Gasteiger partial charge in [0.05, 0.1) is 18.1 Å². The second-order valence-corrected chi connectivity index (χ2v) is 5.06. The van der Waals surface area contributed by atoms with Crippen molar-refractivity contribution in [3.8, 4) is 0 Å². The number of fused-ring (bicyclic) bond motifs is 1. The molecule has 88 valence electrons. The predicted octanol–water partition coefficient (Wildman–Crippen LogP) is 2.37. The van der Waals surface area contributed by atoms with Crippen molar-refractivity contribution in [2.24, 2.45) is 0 Å². The number of hydrogen-bond donors (Lipinski definition) is 2. The lowest BCUT2D eigenvalue weighted by Crippen LogP contribution is -2.30. The van der Waals surface area contributed by atoms with E-state index in [2.05, 4.69) is 45.8 Å². The molecular formula is C13H15N3S. The molecule has 0 saturated heterocycles. The van der Waals surface area contributed by atoms with Gasteiger partial charge in [0.25, 0.3) is 0 Å². The quantitative estimate of drug-likeness (QED) is 0.798. The van der Waals surface area contributed by atoms with Crippen molar-refractivity contribution in [2.75, 3.05) is 12.8 Å². The Morgan fingerprint density at radius 2 is 2.12 bits per heavy atom. The van der Waals surface area contributed by atoms with Crippen LogP contribution < -0.4 is 5.32 Å². The van der Waals surface area contributed by atoms with Crippen molar-refractivity contribution < 1.29 is 0 Å². The molecule has 3 rings (SSSR count). The van der Waals surface area contributed by atoms with Crippen LogP contribution in [0.5, 0.6) is 0 Å². The molecule has 0 aliphatic carbocycles. The number of H-pyrrole nitrogens is 1. The minimum absolute atomic E-state index is 0.237. The average Bonchev–Trinajstić information content (AvgIpc) is 2.87. The Balaban J connectivity index is 1.95. The Kier molecular flexibility index (Phi) is 2.91. The fourth-order valence-corrected chi connectivity index (χ4v) is 2.70. The van der Waals surface area contributed by atoms with Crippen LogP contribution >= 0.6 is 11.8 Å². The molecule has 2 N–H and O–H groups in total. The van der Waals surface area contributed by atoms with Crippen LogP contribution in [0.4, 0.5) is 0 Å². The number of imidazole rings is 1. The van der Waals surface area contributed by atoms with Crippen LogP contribution in [0.3, 0.4) is 0 Å². The van der Waals surface area contributed by atoms with E-state index in [4.69, 9.17) is 0 Å². The number of benzene rings is 1. The number of rotatable bonds is 2. The molecule has 2 heterocycles. The minimum Gasteiger partial charge on any atom is -0.348 e. The summed E-state index contributed by atoms with van der Waals surface area (Å²) in [6, 6.07) is 8.95. The molecule has 0 bridgehead atoms. The molecule has 0 saturated carbocycles. The molecule has 1 aliphatic rings. The van der Waals surface area contributed by atoms with Crippen molar-refractivity contribution in [1.29, 1.82) is 0 Å². The third-order valence-corrected chi connectivity index (χ3v) is 3.94. The first-order valence-corrected chi connectivity index (χ1v) is 7.00. The SMILES string of the molecule is CSc1ccc([C@H]2NCCc3[nH]cnc32)cc1. The van der Waals surface area contributed by atoms with E-state index < -0.39 is 0 Å². The predicted molar refractivity (Wildman–Crippen MR) is 70.4 cm³/mol. The zero-order valence-electron chi connectivity index (χ0n) is 9.73. The first kappa shape index (κ1) is 10.9. The number of nitrogens with zero attached hydrogens (tertiary/aromatic N) is 1. The molecule has 17 heavy (non-hydrogen) atoms. The number of aromatic amines is 1. The first-order valence-electron chi connectivity index (χ1n) is 5.78. The summed E-state index contributed by atoms with van der Waals surface area (Å²) in [5.74, 6) is 0. The van der Waals surface area contributed by atoms with Gasteiger partial charge >= 0.3 is 0 Å². The summed E-state index contributed by atoms with van der Waals surface area (Å²) in [6.07, 6.45) is 4.93. The van der Waals surface area contributed by atoms with E-state index in [9.17, 15) is 0 Å². The van der Waals surface area contributed by atoms with Crippen LogP contribution in [-0.2, 0) is 6.42 Å². The minimum atomic E-state index is 0.237. The zero-order valence-corrected chi connectivity index (χ0v) is 10.6. The topological polar surface area (TPSA) is 40.7 Å². The van der Waals surface area contributed by atoms with E-state index in [1.807, 2.05) is 0 Å². The summed E-state index contributed by atoms with van der Waals surface area (Å²) < 4.78 is 0. The normalized spacial score (nSPS) is 19.0. The third kappa shape index (κ3) is 1.98. The second-order valence-electron chi connectivity index (χ2n) is 4.18. The molecule has 1 aromatic carbocycles. The van der Waals surface area contributed by atoms with Crippen LogP contribution in [0.15, 0.2) is 35.5 Å². The van der Waals surface area contributed by atoms with Gasteiger partial charge in [-0.1, -0.05) is 12.1 Å². The van der Waals surface area contributed by atoms with Gasteiger partial charge in [-0.05, 0) is 24.0 Å². The molecule has 0 amide bonds. The van der Waals surface area contributed by atoms with Gasteiger partial charge in [0.1, 0.15) is 0 Å². The van der Waals surface area contributed by atoms with Crippen LogP contribution in [0.1, 0.15) is 23.0 Å². The van der Waals surface area contributed by atoms with Crippen molar-refractivity contribution in [3.05, 3.63) is 47.5 Å². The summed E-state index contributed by atoms with van der Waals surface area (Å²) in [5, 5.41) is 3.53. The molecule has 0 fully saturated rings. The Hall–Kier alpha value is -1.26. The van der Waals surface area contributed by atoms with Crippen molar-refractivity contribution >= 4 is 11.8 Å². The number of nitrogens with one attached hydrogen (secondary N) is 2. The number of thioether (sulfide) groups is 1. The maximum atomic E-state index is 4.43. The van der Waals surface area contributed by atoms with Gasteiger partial charge in [-0.2, -0.15) is 0 Å². The molecule has 0 spiro atoms. The van der Waals surface area contributed by atoms with Gasteiger partial charge in [0.15, 0.2) is 0 Å². The van der Waals surface area contributed by atoms with Gasteiger partial charge in [-0.25, -0.2) is 4.98 Å². The molecule has 4 heteroatoms. The fourth-order valence-electron chi connectivity index (χ4n) is 2.29. The Labute approximate surface area is 105 Å². The largest absolute Gasteiger partial charge is 0.348 e. The molecular weight excluding hydrogens is 230 g/mol. The monoisotopic (exact) mass is 245 g/mol. The van der Waals surface area contributed by atoms with Crippen LogP contribution in [0.2, 0.25) is 0 Å². The molecule has 2 aromatic rings. The second kappa shape index (κ2) is 4.55. The molecule has 1 aliphatic heterocycles. The fraction of sp³-hybridized carbons (Fsp3) is 0.308. The molecule has 0 radical (unpaired) electrons. The van der Waals surface area contributed by atoms with Gasteiger partial charge in [-0.15, -0.1) is 11.8 Å². The van der Waals surface area contributed by atoms with E-state index >= 15 is 0 Å². The van der Waals surface area contributed by atoms with Gasteiger partial charge in [0.2, 0.25) is 0 Å². The smallest absolute Gasteiger partial charge is 0.0926 e. The van der Waals surface area contributed by atoms with E-state index in [-0.39, 0.29) is 6.04 Å².